The number of aliphatic hydroxyl groups is 1. The zero-order valence-corrected chi connectivity index (χ0v) is 27.7. The van der Waals surface area contributed by atoms with Gasteiger partial charge in [-0.1, -0.05) is 24.3 Å². The van der Waals surface area contributed by atoms with Crippen LogP contribution in [0.1, 0.15) is 42.1 Å². The summed E-state index contributed by atoms with van der Waals surface area (Å²) >= 11 is 3.51. The van der Waals surface area contributed by atoms with Crippen LogP contribution in [0.25, 0.3) is 0 Å². The molecule has 14 heteroatoms. The summed E-state index contributed by atoms with van der Waals surface area (Å²) in [7, 11) is 2.78. The molecule has 2 amide bonds. The number of esters is 1. The van der Waals surface area contributed by atoms with Crippen molar-refractivity contribution in [3.05, 3.63) is 92.6 Å². The maximum Gasteiger partial charge on any atom is 0.337 e. The number of carbonyl (C=O) groups is 2. The van der Waals surface area contributed by atoms with Crippen molar-refractivity contribution in [2.24, 2.45) is 5.10 Å². The van der Waals surface area contributed by atoms with Gasteiger partial charge in [0, 0.05) is 21.3 Å². The van der Waals surface area contributed by atoms with Crippen LogP contribution in [0.15, 0.2) is 75.4 Å². The number of methoxy groups -OCH3 is 2. The van der Waals surface area contributed by atoms with Gasteiger partial charge in [-0.25, -0.2) is 9.59 Å². The van der Waals surface area contributed by atoms with Gasteiger partial charge >= 0.3 is 12.0 Å². The molecule has 246 valence electrons. The summed E-state index contributed by atoms with van der Waals surface area (Å²) in [6, 6.07) is 16.5. The average molecular weight is 709 g/mol. The molecule has 4 rings (SSSR count). The van der Waals surface area contributed by atoms with E-state index in [-0.39, 0.29) is 18.8 Å². The zero-order valence-electron chi connectivity index (χ0n) is 26.1. The van der Waals surface area contributed by atoms with E-state index >= 15 is 0 Å². The number of carbonyl (C=O) groups excluding carboxylic acids is 2. The zero-order chi connectivity index (χ0) is 33.9. The molecule has 0 aliphatic carbocycles. The number of urea groups is 1. The molecular formula is C33H34BrN5O8. The summed E-state index contributed by atoms with van der Waals surface area (Å²) in [4.78, 5) is 24.6. The lowest BCUT2D eigenvalue weighted by Gasteiger charge is -2.28. The van der Waals surface area contributed by atoms with E-state index in [2.05, 4.69) is 43.2 Å². The van der Waals surface area contributed by atoms with Gasteiger partial charge in [0.15, 0.2) is 29.2 Å². The Morgan fingerprint density at radius 2 is 1.87 bits per heavy atom. The van der Waals surface area contributed by atoms with E-state index in [1.165, 1.54) is 20.4 Å². The average Bonchev–Trinajstić information content (AvgIpc) is 3.07. The van der Waals surface area contributed by atoms with E-state index in [1.807, 2.05) is 12.1 Å². The van der Waals surface area contributed by atoms with Gasteiger partial charge in [0.1, 0.15) is 13.2 Å². The van der Waals surface area contributed by atoms with Crippen LogP contribution in [-0.4, -0.2) is 57.0 Å². The number of nitrogens with one attached hydrogen (secondary N) is 3. The molecule has 0 spiro atoms. The van der Waals surface area contributed by atoms with Gasteiger partial charge in [0.05, 0.1) is 50.3 Å². The number of nitrogens with zero attached hydrogens (tertiary/aromatic N) is 2. The normalized spacial score (nSPS) is 14.8. The third kappa shape index (κ3) is 8.72. The second-order valence-corrected chi connectivity index (χ2v) is 10.9. The minimum absolute atomic E-state index is 0.182. The second kappa shape index (κ2) is 16.3. The maximum atomic E-state index is 12.5. The number of amides is 2. The Kier molecular flexibility index (Phi) is 12.0. The fourth-order valence-corrected chi connectivity index (χ4v) is 5.07. The number of halogens is 1. The summed E-state index contributed by atoms with van der Waals surface area (Å²) in [6.07, 6.45) is 0.302. The molecule has 4 N–H and O–H groups in total. The van der Waals surface area contributed by atoms with Crippen LogP contribution in [0.4, 0.5) is 4.79 Å². The van der Waals surface area contributed by atoms with Crippen LogP contribution < -0.4 is 35.0 Å². The number of nitriles is 1. The van der Waals surface area contributed by atoms with Crippen LogP contribution in [0, 0.1) is 11.3 Å². The molecule has 3 aromatic rings. The first-order valence-electron chi connectivity index (χ1n) is 14.4. The van der Waals surface area contributed by atoms with E-state index in [0.29, 0.717) is 56.5 Å². The van der Waals surface area contributed by atoms with Crippen molar-refractivity contribution in [2.75, 3.05) is 27.4 Å². The van der Waals surface area contributed by atoms with Gasteiger partial charge in [0.25, 0.3) is 0 Å². The summed E-state index contributed by atoms with van der Waals surface area (Å²) < 4.78 is 28.6. The van der Waals surface area contributed by atoms with Crippen LogP contribution in [0.3, 0.4) is 0 Å². The van der Waals surface area contributed by atoms with Crippen molar-refractivity contribution in [3.8, 4) is 29.1 Å². The topological polar surface area (TPSA) is 173 Å². The second-order valence-electron chi connectivity index (χ2n) is 10.00. The highest BCUT2D eigenvalue weighted by molar-refractivity contribution is 9.10. The van der Waals surface area contributed by atoms with Crippen LogP contribution in [0.2, 0.25) is 0 Å². The number of aliphatic hydroxyl groups excluding tert-OH is 1. The van der Waals surface area contributed by atoms with E-state index < -0.39 is 24.3 Å². The molecule has 0 radical (unpaired) electrons. The quantitative estimate of drug-likeness (QED) is 0.0813. The molecule has 2 atom stereocenters. The largest absolute Gasteiger partial charge is 0.493 e. The predicted octanol–water partition coefficient (Wildman–Crippen LogP) is 4.43. The molecular weight excluding hydrogens is 674 g/mol. The van der Waals surface area contributed by atoms with Gasteiger partial charge in [-0.05, 0) is 65.7 Å². The fraction of sp³-hybridized carbons (Fsp3) is 0.273. The Hall–Kier alpha value is -5.26. The SMILES string of the molecule is CCOc1cc([C@@H]2NC(=O)NC(C)=C2C(=O)OC)ccc1OC[C@@H](O)N/N=C\c1cc(OC)c(OCc2ccccc2C#N)cc1Br. The van der Waals surface area contributed by atoms with Crippen molar-refractivity contribution in [1.29, 1.82) is 5.26 Å². The van der Waals surface area contributed by atoms with Crippen molar-refractivity contribution in [1.82, 2.24) is 16.1 Å². The lowest BCUT2D eigenvalue weighted by molar-refractivity contribution is -0.136. The third-order valence-electron chi connectivity index (χ3n) is 6.90. The van der Waals surface area contributed by atoms with Crippen molar-refractivity contribution >= 4 is 34.1 Å². The highest BCUT2D eigenvalue weighted by atomic mass is 79.9. The molecule has 0 unspecified atom stereocenters. The number of rotatable bonds is 14. The molecule has 1 aliphatic rings. The highest BCUT2D eigenvalue weighted by Crippen LogP contribution is 2.35. The van der Waals surface area contributed by atoms with E-state index in [0.717, 1.165) is 5.56 Å². The number of hydrazone groups is 1. The molecule has 0 fully saturated rings. The fourth-order valence-electron chi connectivity index (χ4n) is 4.65. The summed E-state index contributed by atoms with van der Waals surface area (Å²) in [5.41, 5.74) is 5.74. The highest BCUT2D eigenvalue weighted by Gasteiger charge is 2.32. The first kappa shape index (κ1) is 34.6. The molecule has 3 aromatic carbocycles. The Bertz CT molecular complexity index is 1720. The van der Waals surface area contributed by atoms with Crippen molar-refractivity contribution in [2.45, 2.75) is 32.7 Å². The molecule has 0 saturated heterocycles. The molecule has 0 bridgehead atoms. The Morgan fingerprint density at radius 1 is 1.11 bits per heavy atom. The van der Waals surface area contributed by atoms with Gasteiger partial charge in [-0.15, -0.1) is 0 Å². The molecule has 0 saturated carbocycles. The molecule has 0 aromatic heterocycles. The van der Waals surface area contributed by atoms with Crippen LogP contribution in [-0.2, 0) is 16.1 Å². The Balaban J connectivity index is 1.40. The number of ether oxygens (including phenoxy) is 5. The van der Waals surface area contributed by atoms with E-state index in [4.69, 9.17) is 23.7 Å². The number of allylic oxidation sites excluding steroid dienone is 1. The van der Waals surface area contributed by atoms with Gasteiger partial charge < -0.3 is 39.4 Å². The third-order valence-corrected chi connectivity index (χ3v) is 7.59. The number of hydrogen-bond donors (Lipinski definition) is 4. The first-order valence-corrected chi connectivity index (χ1v) is 15.2. The minimum Gasteiger partial charge on any atom is -0.493 e. The Morgan fingerprint density at radius 3 is 2.60 bits per heavy atom. The van der Waals surface area contributed by atoms with Crippen LogP contribution in [0.5, 0.6) is 23.0 Å². The smallest absolute Gasteiger partial charge is 0.337 e. The van der Waals surface area contributed by atoms with Crippen molar-refractivity contribution in [3.63, 3.8) is 0 Å². The minimum atomic E-state index is -1.19. The Labute approximate surface area is 280 Å². The monoisotopic (exact) mass is 707 g/mol. The van der Waals surface area contributed by atoms with E-state index in [9.17, 15) is 20.0 Å². The summed E-state index contributed by atoms with van der Waals surface area (Å²) in [5, 5.41) is 29.3. The summed E-state index contributed by atoms with van der Waals surface area (Å²) in [6.45, 7) is 3.74. The van der Waals surface area contributed by atoms with Crippen molar-refractivity contribution < 1.29 is 38.4 Å². The standard InChI is InChI=1S/C33H34BrN5O8/c1-5-45-27-12-20(31-30(32(41)44-4)19(2)37-33(42)38-31)10-11-25(27)47-18-29(40)39-36-16-23-13-26(43-3)28(14-24(23)34)46-17-22-9-7-6-8-21(22)15-35/h6-14,16,29,31,39-40H,5,17-18H2,1-4H3,(H2,37,38,42)/b36-16-/t29-,31+/m1/s1. The maximum absolute atomic E-state index is 12.5. The lowest BCUT2D eigenvalue weighted by Crippen LogP contribution is -2.45. The molecule has 1 heterocycles. The van der Waals surface area contributed by atoms with E-state index in [1.54, 1.807) is 56.3 Å². The molecule has 13 nitrogen and oxygen atoms in total. The molecule has 47 heavy (non-hydrogen) atoms. The van der Waals surface area contributed by atoms with Gasteiger partial charge in [0.2, 0.25) is 0 Å². The number of hydrogen-bond acceptors (Lipinski definition) is 11. The van der Waals surface area contributed by atoms with Gasteiger partial charge in [-0.3, -0.25) is 5.43 Å². The lowest BCUT2D eigenvalue weighted by atomic mass is 9.95. The number of benzene rings is 3. The van der Waals surface area contributed by atoms with Gasteiger partial charge in [-0.2, -0.15) is 10.4 Å². The first-order chi connectivity index (χ1) is 22.7. The molecule has 1 aliphatic heterocycles. The summed E-state index contributed by atoms with van der Waals surface area (Å²) in [5.74, 6) is 1.03. The van der Waals surface area contributed by atoms with Crippen LogP contribution >= 0.6 is 15.9 Å². The predicted molar refractivity (Wildman–Crippen MR) is 175 cm³/mol.